The van der Waals surface area contributed by atoms with Gasteiger partial charge in [-0.15, -0.1) is 4.91 Å². The zero-order valence-electron chi connectivity index (χ0n) is 16.6. The molecular weight excluding hydrogens is 386 g/mol. The Morgan fingerprint density at radius 2 is 1.37 bits per heavy atom. The molecule has 0 spiro atoms. The van der Waals surface area contributed by atoms with Gasteiger partial charge < -0.3 is 10.2 Å². The van der Waals surface area contributed by atoms with Crippen LogP contribution in [0.3, 0.4) is 0 Å². The van der Waals surface area contributed by atoms with Gasteiger partial charge in [0.2, 0.25) is 0 Å². The highest BCUT2D eigenvalue weighted by Crippen LogP contribution is 2.17. The van der Waals surface area contributed by atoms with Crippen LogP contribution >= 0.6 is 0 Å². The predicted molar refractivity (Wildman–Crippen MR) is 113 cm³/mol. The Bertz CT molecular complexity index is 846. The fraction of sp³-hybridized carbons (Fsp3) is 0.273. The van der Waals surface area contributed by atoms with Gasteiger partial charge in [-0.1, -0.05) is 54.6 Å². The average molecular weight is 411 g/mol. The van der Waals surface area contributed by atoms with Crippen LogP contribution in [0.2, 0.25) is 0 Å². The van der Waals surface area contributed by atoms with Gasteiger partial charge in [0.15, 0.2) is 0 Å². The molecule has 2 N–H and O–H groups in total. The molecule has 0 aliphatic carbocycles. The van der Waals surface area contributed by atoms with E-state index in [1.165, 1.54) is 16.7 Å². The molecule has 0 unspecified atom stereocenters. The Kier molecular flexibility index (Phi) is 9.20. The van der Waals surface area contributed by atoms with E-state index < -0.39 is 11.9 Å². The van der Waals surface area contributed by atoms with Crippen LogP contribution in [0.15, 0.2) is 72.0 Å². The third kappa shape index (κ3) is 8.24. The van der Waals surface area contributed by atoms with Crippen molar-refractivity contribution in [3.05, 3.63) is 88.3 Å². The highest BCUT2D eigenvalue weighted by molar-refractivity contribution is 5.89. The van der Waals surface area contributed by atoms with Crippen LogP contribution in [0.4, 0.5) is 0 Å². The maximum absolute atomic E-state index is 10.5. The van der Waals surface area contributed by atoms with Crippen LogP contribution in [-0.2, 0) is 22.6 Å². The highest BCUT2D eigenvalue weighted by Gasteiger charge is 2.17. The minimum Gasteiger partial charge on any atom is -0.478 e. The molecule has 3 rings (SSSR count). The number of hydrogen-bond donors (Lipinski definition) is 2. The number of rotatable bonds is 7. The van der Waals surface area contributed by atoms with E-state index in [9.17, 15) is 14.5 Å². The van der Waals surface area contributed by atoms with Crippen molar-refractivity contribution in [2.24, 2.45) is 5.29 Å². The van der Waals surface area contributed by atoms with Crippen LogP contribution in [0, 0.1) is 4.91 Å². The summed E-state index contributed by atoms with van der Waals surface area (Å²) in [6.07, 6.45) is 2.08. The average Bonchev–Trinajstić information content (AvgIpc) is 2.75. The molecule has 30 heavy (non-hydrogen) atoms. The second-order valence-electron chi connectivity index (χ2n) is 6.75. The fourth-order valence-corrected chi connectivity index (χ4v) is 3.06. The first-order valence-corrected chi connectivity index (χ1v) is 9.53. The molecule has 0 saturated carbocycles. The van der Waals surface area contributed by atoms with Crippen LogP contribution < -0.4 is 0 Å². The highest BCUT2D eigenvalue weighted by atomic mass is 16.4. The minimum atomic E-state index is -1.26. The topological polar surface area (TPSA) is 111 Å². The van der Waals surface area contributed by atoms with E-state index in [0.29, 0.717) is 12.2 Å². The second kappa shape index (κ2) is 12.1. The summed E-state index contributed by atoms with van der Waals surface area (Å²) in [6, 6.07) is 19.2. The van der Waals surface area contributed by atoms with Gasteiger partial charge in [0.05, 0.1) is 18.4 Å². The summed E-state index contributed by atoms with van der Waals surface area (Å²) in [5, 5.41) is 20.2. The van der Waals surface area contributed by atoms with E-state index >= 15 is 0 Å². The lowest BCUT2D eigenvalue weighted by atomic mass is 9.99. The van der Waals surface area contributed by atoms with Gasteiger partial charge in [-0.25, -0.2) is 9.59 Å². The van der Waals surface area contributed by atoms with Crippen molar-refractivity contribution < 1.29 is 19.8 Å². The Labute approximate surface area is 175 Å². The monoisotopic (exact) mass is 411 g/mol. The number of carbonyl (C=O) groups is 2. The first-order chi connectivity index (χ1) is 14.5. The summed E-state index contributed by atoms with van der Waals surface area (Å²) in [5.41, 5.74) is 4.09. The third-order valence-corrected chi connectivity index (χ3v) is 4.58. The molecule has 2 aromatic rings. The molecule has 1 heterocycles. The number of nitroso groups, excluding NO2 is 1. The summed E-state index contributed by atoms with van der Waals surface area (Å²) in [6.45, 7) is 4.18. The SMILES string of the molecule is O=C(O)/C=C\C(=O)O.O=NN1CCN(Cc2ccccc2Cc2ccccc2)CC1. The zero-order valence-corrected chi connectivity index (χ0v) is 16.6. The Hall–Kier alpha value is -3.52. The van der Waals surface area contributed by atoms with Gasteiger partial charge in [0.25, 0.3) is 0 Å². The van der Waals surface area contributed by atoms with Crippen molar-refractivity contribution in [2.75, 3.05) is 26.2 Å². The van der Waals surface area contributed by atoms with Crippen LogP contribution in [-0.4, -0.2) is 58.2 Å². The number of piperazine rings is 1. The quantitative estimate of drug-likeness (QED) is 0.532. The van der Waals surface area contributed by atoms with Crippen molar-refractivity contribution in [3.63, 3.8) is 0 Å². The standard InChI is InChI=1S/C18H21N3O.C4H4O4/c22-19-21-12-10-20(11-13-21)15-18-9-5-4-8-17(18)14-16-6-2-1-3-7-16;5-3(6)1-2-4(7)8/h1-9H,10-15H2;1-2H,(H,5,6)(H,7,8)/b;2-1-. The van der Waals surface area contributed by atoms with Gasteiger partial charge in [-0.2, -0.15) is 0 Å². The maximum Gasteiger partial charge on any atom is 0.328 e. The van der Waals surface area contributed by atoms with Crippen molar-refractivity contribution in [1.82, 2.24) is 9.91 Å². The number of benzene rings is 2. The lowest BCUT2D eigenvalue weighted by molar-refractivity contribution is -0.134. The summed E-state index contributed by atoms with van der Waals surface area (Å²) < 4.78 is 0. The molecule has 0 bridgehead atoms. The molecule has 0 radical (unpaired) electrons. The van der Waals surface area contributed by atoms with Crippen LogP contribution in [0.25, 0.3) is 0 Å². The molecule has 1 aliphatic heterocycles. The van der Waals surface area contributed by atoms with E-state index in [1.54, 1.807) is 5.01 Å². The van der Waals surface area contributed by atoms with Crippen molar-refractivity contribution >= 4 is 11.9 Å². The minimum absolute atomic E-state index is 0.558. The lowest BCUT2D eigenvalue weighted by Crippen LogP contribution is -2.43. The molecule has 0 aromatic heterocycles. The molecule has 8 heteroatoms. The first-order valence-electron chi connectivity index (χ1n) is 9.53. The first kappa shape index (κ1) is 22.8. The van der Waals surface area contributed by atoms with Crippen LogP contribution in [0.1, 0.15) is 16.7 Å². The number of carboxylic acid groups (broad SMARTS) is 2. The Balaban J connectivity index is 0.000000343. The molecule has 2 aromatic carbocycles. The third-order valence-electron chi connectivity index (χ3n) is 4.58. The molecular formula is C22H25N3O5. The molecule has 1 fully saturated rings. The Morgan fingerprint density at radius 1 is 0.833 bits per heavy atom. The van der Waals surface area contributed by atoms with Gasteiger partial charge in [0, 0.05) is 31.8 Å². The van der Waals surface area contributed by atoms with Crippen molar-refractivity contribution in [3.8, 4) is 0 Å². The number of aliphatic carboxylic acids is 2. The van der Waals surface area contributed by atoms with Gasteiger partial charge in [-0.05, 0) is 23.1 Å². The van der Waals surface area contributed by atoms with E-state index in [-0.39, 0.29) is 0 Å². The lowest BCUT2D eigenvalue weighted by Gasteiger charge is -2.31. The van der Waals surface area contributed by atoms with E-state index in [0.717, 1.165) is 39.1 Å². The second-order valence-corrected chi connectivity index (χ2v) is 6.75. The number of nitrogens with zero attached hydrogens (tertiary/aromatic N) is 3. The van der Waals surface area contributed by atoms with E-state index in [4.69, 9.17) is 10.2 Å². The van der Waals surface area contributed by atoms with Crippen molar-refractivity contribution in [2.45, 2.75) is 13.0 Å². The molecule has 0 atom stereocenters. The molecule has 0 amide bonds. The number of carboxylic acids is 2. The molecule has 8 nitrogen and oxygen atoms in total. The smallest absolute Gasteiger partial charge is 0.328 e. The van der Waals surface area contributed by atoms with Crippen molar-refractivity contribution in [1.29, 1.82) is 0 Å². The summed E-state index contributed by atoms with van der Waals surface area (Å²) in [5.74, 6) is -2.51. The number of hydrogen-bond acceptors (Lipinski definition) is 5. The molecule has 1 aliphatic rings. The van der Waals surface area contributed by atoms with Gasteiger partial charge in [-0.3, -0.25) is 9.91 Å². The maximum atomic E-state index is 10.5. The fourth-order valence-electron chi connectivity index (χ4n) is 3.06. The van der Waals surface area contributed by atoms with Gasteiger partial charge in [0.1, 0.15) is 0 Å². The zero-order chi connectivity index (χ0) is 21.8. The molecule has 1 saturated heterocycles. The summed E-state index contributed by atoms with van der Waals surface area (Å²) in [4.78, 5) is 32.0. The molecule has 158 valence electrons. The van der Waals surface area contributed by atoms with Gasteiger partial charge >= 0.3 is 11.9 Å². The largest absolute Gasteiger partial charge is 0.478 e. The summed E-state index contributed by atoms with van der Waals surface area (Å²) >= 11 is 0. The van der Waals surface area contributed by atoms with E-state index in [2.05, 4.69) is 64.8 Å². The Morgan fingerprint density at radius 3 is 1.90 bits per heavy atom. The normalized spacial score (nSPS) is 14.1. The predicted octanol–water partition coefficient (Wildman–Crippen LogP) is 2.79. The van der Waals surface area contributed by atoms with Crippen LogP contribution in [0.5, 0.6) is 0 Å². The van der Waals surface area contributed by atoms with E-state index in [1.807, 2.05) is 0 Å². The summed E-state index contributed by atoms with van der Waals surface area (Å²) in [7, 11) is 0.